The molecule has 1 heterocycles. The number of ether oxygens (including phenoxy) is 2. The van der Waals surface area contributed by atoms with E-state index >= 15 is 0 Å². The quantitative estimate of drug-likeness (QED) is 0.867. The second-order valence-corrected chi connectivity index (χ2v) is 6.68. The summed E-state index contributed by atoms with van der Waals surface area (Å²) in [7, 11) is 0. The Morgan fingerprint density at radius 3 is 2.68 bits per heavy atom. The van der Waals surface area contributed by atoms with Crippen molar-refractivity contribution >= 4 is 11.8 Å². The standard InChI is InChI=1S/C20H22N2O3/c21-16-8-4-5-9-19(16)25-18-10-11-22(17-12-15(17)18)20(23)24-13-14-6-2-1-3-7-14/h1-9,15,17-18H,10-13,21H2. The number of nitrogen functional groups attached to an aromatic ring is 1. The average molecular weight is 338 g/mol. The van der Waals surface area contributed by atoms with Crippen LogP contribution < -0.4 is 10.5 Å². The van der Waals surface area contributed by atoms with Gasteiger partial charge in [0.15, 0.2) is 0 Å². The minimum absolute atomic E-state index is 0.118. The van der Waals surface area contributed by atoms with Gasteiger partial charge in [0.25, 0.3) is 0 Å². The van der Waals surface area contributed by atoms with Gasteiger partial charge in [0.05, 0.1) is 5.69 Å². The van der Waals surface area contributed by atoms with Crippen molar-refractivity contribution in [2.24, 2.45) is 5.92 Å². The van der Waals surface area contributed by atoms with E-state index < -0.39 is 0 Å². The van der Waals surface area contributed by atoms with Crippen molar-refractivity contribution in [3.8, 4) is 5.75 Å². The van der Waals surface area contributed by atoms with Crippen LogP contribution in [0.3, 0.4) is 0 Å². The van der Waals surface area contributed by atoms with Gasteiger partial charge in [-0.1, -0.05) is 42.5 Å². The van der Waals surface area contributed by atoms with Crippen LogP contribution in [0.2, 0.25) is 0 Å². The van der Waals surface area contributed by atoms with Gasteiger partial charge in [-0.2, -0.15) is 0 Å². The fourth-order valence-corrected chi connectivity index (χ4v) is 3.53. The zero-order valence-corrected chi connectivity index (χ0v) is 14.0. The summed E-state index contributed by atoms with van der Waals surface area (Å²) in [5.41, 5.74) is 7.62. The number of carbonyl (C=O) groups is 1. The minimum atomic E-state index is -0.228. The molecule has 2 N–H and O–H groups in total. The van der Waals surface area contributed by atoms with E-state index in [1.54, 1.807) is 0 Å². The summed E-state index contributed by atoms with van der Waals surface area (Å²) in [6.45, 7) is 0.972. The molecule has 1 aliphatic carbocycles. The Morgan fingerprint density at radius 2 is 1.88 bits per heavy atom. The molecule has 130 valence electrons. The highest BCUT2D eigenvalue weighted by atomic mass is 16.6. The van der Waals surface area contributed by atoms with Gasteiger partial charge < -0.3 is 20.1 Å². The van der Waals surface area contributed by atoms with Gasteiger partial charge in [-0.15, -0.1) is 0 Å². The third kappa shape index (κ3) is 3.40. The summed E-state index contributed by atoms with van der Waals surface area (Å²) in [6.07, 6.45) is 1.66. The lowest BCUT2D eigenvalue weighted by Gasteiger charge is -2.31. The first-order chi connectivity index (χ1) is 12.2. The number of anilines is 1. The summed E-state index contributed by atoms with van der Waals surface area (Å²) in [4.78, 5) is 14.2. The number of nitrogens with zero attached hydrogens (tertiary/aromatic N) is 1. The van der Waals surface area contributed by atoms with Crippen molar-refractivity contribution in [3.63, 3.8) is 0 Å². The number of likely N-dealkylation sites (tertiary alicyclic amines) is 1. The average Bonchev–Trinajstić information content (AvgIpc) is 3.44. The third-order valence-electron chi connectivity index (χ3n) is 4.97. The maximum atomic E-state index is 12.4. The SMILES string of the molecule is Nc1ccccc1OC1CCN(C(=O)OCc2ccccc2)C2CC12. The summed E-state index contributed by atoms with van der Waals surface area (Å²) >= 11 is 0. The van der Waals surface area contributed by atoms with Crippen molar-refractivity contribution in [3.05, 3.63) is 60.2 Å². The molecule has 5 heteroatoms. The molecule has 3 atom stereocenters. The number of nitrogens with two attached hydrogens (primary N) is 1. The van der Waals surface area contributed by atoms with Gasteiger partial charge in [0.2, 0.25) is 0 Å². The zero-order chi connectivity index (χ0) is 17.2. The first-order valence-corrected chi connectivity index (χ1v) is 8.71. The summed E-state index contributed by atoms with van der Waals surface area (Å²) < 4.78 is 11.6. The molecule has 2 aliphatic rings. The van der Waals surface area contributed by atoms with E-state index in [2.05, 4.69) is 0 Å². The maximum absolute atomic E-state index is 12.4. The molecule has 2 aromatic carbocycles. The largest absolute Gasteiger partial charge is 0.488 e. The Morgan fingerprint density at radius 1 is 1.12 bits per heavy atom. The molecular formula is C20H22N2O3. The molecule has 0 spiro atoms. The van der Waals surface area contributed by atoms with E-state index in [0.29, 0.717) is 24.8 Å². The monoisotopic (exact) mass is 338 g/mol. The van der Waals surface area contributed by atoms with E-state index in [4.69, 9.17) is 15.2 Å². The van der Waals surface area contributed by atoms with Crippen LogP contribution in [0.5, 0.6) is 5.75 Å². The smallest absolute Gasteiger partial charge is 0.410 e. The Labute approximate surface area is 147 Å². The number of benzene rings is 2. The van der Waals surface area contributed by atoms with Crippen LogP contribution in [0.4, 0.5) is 10.5 Å². The molecule has 25 heavy (non-hydrogen) atoms. The van der Waals surface area contributed by atoms with Gasteiger partial charge in [-0.3, -0.25) is 0 Å². The molecule has 0 aromatic heterocycles. The van der Waals surface area contributed by atoms with Crippen LogP contribution in [-0.2, 0) is 11.3 Å². The van der Waals surface area contributed by atoms with Crippen molar-refractivity contribution < 1.29 is 14.3 Å². The van der Waals surface area contributed by atoms with Crippen molar-refractivity contribution in [1.29, 1.82) is 0 Å². The van der Waals surface area contributed by atoms with Crippen LogP contribution in [0.15, 0.2) is 54.6 Å². The Balaban J connectivity index is 1.31. The first-order valence-electron chi connectivity index (χ1n) is 8.71. The van der Waals surface area contributed by atoms with Crippen molar-refractivity contribution in [2.75, 3.05) is 12.3 Å². The van der Waals surface area contributed by atoms with E-state index in [-0.39, 0.29) is 18.2 Å². The molecule has 5 nitrogen and oxygen atoms in total. The third-order valence-corrected chi connectivity index (χ3v) is 4.97. The molecule has 0 radical (unpaired) electrons. The number of carbonyl (C=O) groups excluding carboxylic acids is 1. The van der Waals surface area contributed by atoms with E-state index in [1.165, 1.54) is 0 Å². The van der Waals surface area contributed by atoms with Gasteiger partial charge in [0.1, 0.15) is 18.5 Å². The lowest BCUT2D eigenvalue weighted by molar-refractivity contribution is 0.0602. The minimum Gasteiger partial charge on any atom is -0.488 e. The predicted octanol–water partition coefficient (Wildman–Crippen LogP) is 3.45. The van der Waals surface area contributed by atoms with Crippen LogP contribution in [-0.4, -0.2) is 29.7 Å². The topological polar surface area (TPSA) is 64.8 Å². The Bertz CT molecular complexity index is 750. The molecule has 0 bridgehead atoms. The van der Waals surface area contributed by atoms with Gasteiger partial charge in [-0.05, 0) is 24.1 Å². The van der Waals surface area contributed by atoms with Gasteiger partial charge >= 0.3 is 6.09 Å². The molecule has 1 saturated carbocycles. The number of hydrogen-bond donors (Lipinski definition) is 1. The summed E-state index contributed by atoms with van der Waals surface area (Å²) in [5.74, 6) is 1.11. The summed E-state index contributed by atoms with van der Waals surface area (Å²) in [6, 6.07) is 17.5. The Hall–Kier alpha value is -2.69. The van der Waals surface area contributed by atoms with E-state index in [1.807, 2.05) is 59.5 Å². The Kier molecular flexibility index (Phi) is 4.22. The number of amides is 1. The fraction of sp³-hybridized carbons (Fsp3) is 0.350. The number of hydrogen-bond acceptors (Lipinski definition) is 4. The van der Waals surface area contributed by atoms with Gasteiger partial charge in [-0.25, -0.2) is 4.79 Å². The second kappa shape index (κ2) is 6.67. The van der Waals surface area contributed by atoms with E-state index in [0.717, 1.165) is 24.2 Å². The number of piperidine rings is 1. The van der Waals surface area contributed by atoms with Gasteiger partial charge in [0, 0.05) is 24.9 Å². The van der Waals surface area contributed by atoms with Crippen LogP contribution in [0, 0.1) is 5.92 Å². The van der Waals surface area contributed by atoms with Crippen molar-refractivity contribution in [1.82, 2.24) is 4.90 Å². The number of fused-ring (bicyclic) bond motifs is 1. The molecule has 2 fully saturated rings. The highest BCUT2D eigenvalue weighted by Gasteiger charge is 2.53. The zero-order valence-electron chi connectivity index (χ0n) is 14.0. The fourth-order valence-electron chi connectivity index (χ4n) is 3.53. The first kappa shape index (κ1) is 15.8. The molecular weight excluding hydrogens is 316 g/mol. The molecule has 1 saturated heterocycles. The lowest BCUT2D eigenvalue weighted by atomic mass is 10.1. The van der Waals surface area contributed by atoms with E-state index in [9.17, 15) is 4.79 Å². The molecule has 1 amide bonds. The summed E-state index contributed by atoms with van der Waals surface area (Å²) in [5, 5.41) is 0. The highest BCUT2D eigenvalue weighted by molar-refractivity contribution is 5.69. The molecule has 1 aliphatic heterocycles. The highest BCUT2D eigenvalue weighted by Crippen LogP contribution is 2.45. The van der Waals surface area contributed by atoms with Crippen molar-refractivity contribution in [2.45, 2.75) is 31.6 Å². The predicted molar refractivity (Wildman–Crippen MR) is 95.1 cm³/mol. The molecule has 4 rings (SSSR count). The van der Waals surface area contributed by atoms with Crippen LogP contribution >= 0.6 is 0 Å². The normalized spacial score (nSPS) is 24.3. The molecule has 3 unspecified atom stereocenters. The second-order valence-electron chi connectivity index (χ2n) is 6.68. The number of para-hydroxylation sites is 2. The lowest BCUT2D eigenvalue weighted by Crippen LogP contribution is -2.43. The number of rotatable bonds is 4. The van der Waals surface area contributed by atoms with Crippen LogP contribution in [0.1, 0.15) is 18.4 Å². The molecule has 2 aromatic rings. The maximum Gasteiger partial charge on any atom is 0.410 e. The van der Waals surface area contributed by atoms with Crippen LogP contribution in [0.25, 0.3) is 0 Å².